The molecule has 1 aromatic carbocycles. The summed E-state index contributed by atoms with van der Waals surface area (Å²) < 4.78 is 13.6. The molecule has 0 fully saturated rings. The molecule has 1 nitrogen and oxygen atoms in total. The molecule has 1 rings (SSSR count). The van der Waals surface area contributed by atoms with Crippen LogP contribution in [0.2, 0.25) is 0 Å². The highest BCUT2D eigenvalue weighted by Crippen LogP contribution is 2.17. The Balaban J connectivity index is 2.49. The molecular formula is C13H19BrFN. The molecule has 1 aromatic rings. The van der Waals surface area contributed by atoms with E-state index in [1.807, 2.05) is 12.1 Å². The first-order chi connectivity index (χ1) is 7.49. The van der Waals surface area contributed by atoms with Gasteiger partial charge in [0.15, 0.2) is 0 Å². The van der Waals surface area contributed by atoms with Crippen molar-refractivity contribution < 1.29 is 4.39 Å². The van der Waals surface area contributed by atoms with Crippen molar-refractivity contribution in [3.8, 4) is 0 Å². The predicted molar refractivity (Wildman–Crippen MR) is 70.1 cm³/mol. The molecule has 0 aliphatic carbocycles. The summed E-state index contributed by atoms with van der Waals surface area (Å²) >= 11 is 3.20. The Kier molecular flexibility index (Phi) is 5.42. The molecule has 0 amide bonds. The van der Waals surface area contributed by atoms with Gasteiger partial charge >= 0.3 is 0 Å². The SMILES string of the molecule is CC(C)CNC(C)Cc1ccc(F)c(Br)c1. The zero-order valence-corrected chi connectivity index (χ0v) is 11.6. The highest BCUT2D eigenvalue weighted by Gasteiger charge is 2.06. The smallest absolute Gasteiger partial charge is 0.137 e. The van der Waals surface area contributed by atoms with Gasteiger partial charge in [0.2, 0.25) is 0 Å². The number of benzene rings is 1. The summed E-state index contributed by atoms with van der Waals surface area (Å²) in [6, 6.07) is 5.62. The fourth-order valence-electron chi connectivity index (χ4n) is 1.53. The van der Waals surface area contributed by atoms with Gasteiger partial charge in [-0.05, 0) is 59.4 Å². The summed E-state index contributed by atoms with van der Waals surface area (Å²) in [6.07, 6.45) is 0.922. The second-order valence-electron chi connectivity index (χ2n) is 4.66. The molecule has 1 unspecified atom stereocenters. The fraction of sp³-hybridized carbons (Fsp3) is 0.538. The van der Waals surface area contributed by atoms with Gasteiger partial charge in [-0.2, -0.15) is 0 Å². The Hall–Kier alpha value is -0.410. The van der Waals surface area contributed by atoms with Crippen LogP contribution >= 0.6 is 15.9 Å². The van der Waals surface area contributed by atoms with Gasteiger partial charge in [0.05, 0.1) is 4.47 Å². The molecule has 16 heavy (non-hydrogen) atoms. The summed E-state index contributed by atoms with van der Waals surface area (Å²) in [5.41, 5.74) is 1.15. The van der Waals surface area contributed by atoms with Crippen molar-refractivity contribution in [3.05, 3.63) is 34.1 Å². The Labute approximate surface area is 106 Å². The molecule has 0 heterocycles. The van der Waals surface area contributed by atoms with Gasteiger partial charge in [-0.25, -0.2) is 4.39 Å². The lowest BCUT2D eigenvalue weighted by Crippen LogP contribution is -2.31. The largest absolute Gasteiger partial charge is 0.314 e. The first-order valence-electron chi connectivity index (χ1n) is 5.66. The van der Waals surface area contributed by atoms with E-state index < -0.39 is 0 Å². The van der Waals surface area contributed by atoms with Crippen molar-refractivity contribution in [1.82, 2.24) is 5.32 Å². The van der Waals surface area contributed by atoms with Gasteiger partial charge in [-0.1, -0.05) is 19.9 Å². The van der Waals surface area contributed by atoms with E-state index in [1.54, 1.807) is 0 Å². The number of hydrogen-bond acceptors (Lipinski definition) is 1. The minimum Gasteiger partial charge on any atom is -0.314 e. The number of nitrogens with one attached hydrogen (secondary N) is 1. The van der Waals surface area contributed by atoms with Crippen LogP contribution in [0.25, 0.3) is 0 Å². The molecule has 0 spiro atoms. The van der Waals surface area contributed by atoms with Crippen LogP contribution in [-0.4, -0.2) is 12.6 Å². The normalized spacial score (nSPS) is 13.1. The standard InChI is InChI=1S/C13H19BrFN/c1-9(2)8-16-10(3)6-11-4-5-13(15)12(14)7-11/h4-5,7,9-10,16H,6,8H2,1-3H3. The quantitative estimate of drug-likeness (QED) is 0.869. The lowest BCUT2D eigenvalue weighted by Gasteiger charge is -2.15. The maximum Gasteiger partial charge on any atom is 0.137 e. The molecule has 0 aliphatic rings. The van der Waals surface area contributed by atoms with E-state index in [0.29, 0.717) is 16.4 Å². The van der Waals surface area contributed by atoms with Gasteiger partial charge in [-0.3, -0.25) is 0 Å². The zero-order valence-electron chi connectivity index (χ0n) is 10.1. The summed E-state index contributed by atoms with van der Waals surface area (Å²) in [6.45, 7) is 7.55. The molecule has 0 aliphatic heterocycles. The van der Waals surface area contributed by atoms with Gasteiger partial charge in [0, 0.05) is 6.04 Å². The fourth-order valence-corrected chi connectivity index (χ4v) is 1.96. The van der Waals surface area contributed by atoms with Crippen LogP contribution < -0.4 is 5.32 Å². The Morgan fingerprint density at radius 3 is 2.56 bits per heavy atom. The Morgan fingerprint density at radius 2 is 2.00 bits per heavy atom. The Bertz CT molecular complexity index is 339. The first-order valence-corrected chi connectivity index (χ1v) is 6.45. The third-order valence-corrected chi connectivity index (χ3v) is 3.01. The summed E-state index contributed by atoms with van der Waals surface area (Å²) in [5, 5.41) is 3.46. The summed E-state index contributed by atoms with van der Waals surface area (Å²) in [4.78, 5) is 0. The van der Waals surface area contributed by atoms with Crippen molar-refractivity contribution in [2.45, 2.75) is 33.2 Å². The molecule has 0 radical (unpaired) electrons. The highest BCUT2D eigenvalue weighted by atomic mass is 79.9. The third kappa shape index (κ3) is 4.62. The molecule has 3 heteroatoms. The second kappa shape index (κ2) is 6.36. The van der Waals surface area contributed by atoms with Crippen LogP contribution in [0.5, 0.6) is 0 Å². The molecular weight excluding hydrogens is 269 g/mol. The average Bonchev–Trinajstić information content (AvgIpc) is 2.21. The van der Waals surface area contributed by atoms with Crippen LogP contribution in [0.3, 0.4) is 0 Å². The van der Waals surface area contributed by atoms with Crippen LogP contribution in [0.15, 0.2) is 22.7 Å². The van der Waals surface area contributed by atoms with Crippen LogP contribution in [0.4, 0.5) is 4.39 Å². The molecule has 1 N–H and O–H groups in total. The molecule has 0 saturated heterocycles. The minimum absolute atomic E-state index is 0.202. The third-order valence-electron chi connectivity index (χ3n) is 2.40. The van der Waals surface area contributed by atoms with Crippen LogP contribution in [-0.2, 0) is 6.42 Å². The molecule has 90 valence electrons. The van der Waals surface area contributed by atoms with E-state index in [9.17, 15) is 4.39 Å². The topological polar surface area (TPSA) is 12.0 Å². The van der Waals surface area contributed by atoms with Crippen molar-refractivity contribution in [3.63, 3.8) is 0 Å². The van der Waals surface area contributed by atoms with Crippen molar-refractivity contribution in [2.24, 2.45) is 5.92 Å². The number of hydrogen-bond donors (Lipinski definition) is 1. The van der Waals surface area contributed by atoms with E-state index in [1.165, 1.54) is 6.07 Å². The van der Waals surface area contributed by atoms with Gasteiger partial charge in [-0.15, -0.1) is 0 Å². The van der Waals surface area contributed by atoms with Crippen LogP contribution in [0.1, 0.15) is 26.3 Å². The number of halogens is 2. The van der Waals surface area contributed by atoms with Gasteiger partial charge in [0.1, 0.15) is 5.82 Å². The van der Waals surface area contributed by atoms with E-state index in [0.717, 1.165) is 18.5 Å². The molecule has 1 atom stereocenters. The highest BCUT2D eigenvalue weighted by molar-refractivity contribution is 9.10. The minimum atomic E-state index is -0.202. The zero-order chi connectivity index (χ0) is 12.1. The maximum atomic E-state index is 13.0. The summed E-state index contributed by atoms with van der Waals surface area (Å²) in [7, 11) is 0. The predicted octanol–water partition coefficient (Wildman–Crippen LogP) is 3.76. The van der Waals surface area contributed by atoms with Gasteiger partial charge in [0.25, 0.3) is 0 Å². The van der Waals surface area contributed by atoms with E-state index in [2.05, 4.69) is 42.0 Å². The first kappa shape index (κ1) is 13.7. The summed E-state index contributed by atoms with van der Waals surface area (Å²) in [5.74, 6) is 0.453. The maximum absolute atomic E-state index is 13.0. The number of rotatable bonds is 5. The lowest BCUT2D eigenvalue weighted by molar-refractivity contribution is 0.482. The van der Waals surface area contributed by atoms with Crippen molar-refractivity contribution in [2.75, 3.05) is 6.54 Å². The second-order valence-corrected chi connectivity index (χ2v) is 5.51. The van der Waals surface area contributed by atoms with E-state index in [-0.39, 0.29) is 5.82 Å². The van der Waals surface area contributed by atoms with E-state index >= 15 is 0 Å². The molecule has 0 bridgehead atoms. The average molecular weight is 288 g/mol. The molecule has 0 aromatic heterocycles. The molecule has 0 saturated carbocycles. The Morgan fingerprint density at radius 1 is 1.31 bits per heavy atom. The van der Waals surface area contributed by atoms with E-state index in [4.69, 9.17) is 0 Å². The van der Waals surface area contributed by atoms with Crippen molar-refractivity contribution in [1.29, 1.82) is 0 Å². The monoisotopic (exact) mass is 287 g/mol. The van der Waals surface area contributed by atoms with Crippen molar-refractivity contribution >= 4 is 15.9 Å². The van der Waals surface area contributed by atoms with Crippen LogP contribution in [0, 0.1) is 11.7 Å². The lowest BCUT2D eigenvalue weighted by atomic mass is 10.1. The van der Waals surface area contributed by atoms with Gasteiger partial charge < -0.3 is 5.32 Å².